The summed E-state index contributed by atoms with van der Waals surface area (Å²) >= 11 is 5.03. The zero-order valence-corrected chi connectivity index (χ0v) is 13.6. The average Bonchev–Trinajstić information content (AvgIpc) is 2.88. The molecule has 118 valence electrons. The number of carbonyl (C=O) groups is 1. The number of H-pyrrole nitrogens is 2. The summed E-state index contributed by atoms with van der Waals surface area (Å²) in [6, 6.07) is 10.5. The van der Waals surface area contributed by atoms with Crippen LogP contribution in [0.5, 0.6) is 0 Å². The van der Waals surface area contributed by atoms with Gasteiger partial charge in [-0.3, -0.25) is 4.79 Å². The number of halogens is 1. The van der Waals surface area contributed by atoms with E-state index in [0.717, 1.165) is 11.1 Å². The lowest BCUT2D eigenvalue weighted by molar-refractivity contribution is 0.0786. The van der Waals surface area contributed by atoms with Crippen LogP contribution in [0.3, 0.4) is 0 Å². The summed E-state index contributed by atoms with van der Waals surface area (Å²) in [4.78, 5) is 20.0. The Kier molecular flexibility index (Phi) is 4.00. The molecule has 0 atom stereocenters. The maximum Gasteiger partial charge on any atom is 0.256 e. The fourth-order valence-electron chi connectivity index (χ4n) is 2.52. The summed E-state index contributed by atoms with van der Waals surface area (Å²) in [5, 5.41) is 0. The predicted molar refractivity (Wildman–Crippen MR) is 90.4 cm³/mol. The van der Waals surface area contributed by atoms with Crippen molar-refractivity contribution < 1.29 is 9.18 Å². The number of fused-ring (bicyclic) bond motifs is 1. The normalized spacial score (nSPS) is 10.9. The number of nitrogens with one attached hydrogen (secondary N) is 2. The molecule has 2 aromatic carbocycles. The fraction of sp³-hybridized carbons (Fsp3) is 0.176. The lowest BCUT2D eigenvalue weighted by atomic mass is 10.1. The molecule has 0 fully saturated rings. The van der Waals surface area contributed by atoms with Crippen LogP contribution in [0.15, 0.2) is 36.4 Å². The number of carbonyl (C=O) groups excluding carboxylic acids is 1. The molecule has 0 saturated carbocycles. The number of rotatable bonds is 3. The van der Waals surface area contributed by atoms with Gasteiger partial charge in [-0.15, -0.1) is 0 Å². The van der Waals surface area contributed by atoms with E-state index in [1.807, 2.05) is 31.2 Å². The topological polar surface area (TPSA) is 51.9 Å². The van der Waals surface area contributed by atoms with Crippen LogP contribution in [-0.4, -0.2) is 27.8 Å². The predicted octanol–water partition coefficient (Wildman–Crippen LogP) is 3.95. The van der Waals surface area contributed by atoms with E-state index in [2.05, 4.69) is 9.97 Å². The lowest BCUT2D eigenvalue weighted by Crippen LogP contribution is -2.26. The van der Waals surface area contributed by atoms with Crippen LogP contribution in [-0.2, 0) is 6.54 Å². The van der Waals surface area contributed by atoms with Gasteiger partial charge in [-0.1, -0.05) is 29.8 Å². The van der Waals surface area contributed by atoms with E-state index in [0.29, 0.717) is 22.3 Å². The molecule has 0 aliphatic rings. The standard InChI is InChI=1S/C17H16FN3OS/c1-10-3-5-11(6-4-10)9-21(2)16(22)13-7-12(18)8-14-15(13)20-17(23)19-14/h3-8H,9H2,1-2H3,(H2,19,20,23). The van der Waals surface area contributed by atoms with Gasteiger partial charge in [0.1, 0.15) is 5.82 Å². The van der Waals surface area contributed by atoms with Crippen molar-refractivity contribution in [3.8, 4) is 0 Å². The number of benzene rings is 2. The second-order valence-electron chi connectivity index (χ2n) is 5.60. The molecule has 23 heavy (non-hydrogen) atoms. The minimum absolute atomic E-state index is 0.264. The van der Waals surface area contributed by atoms with E-state index in [4.69, 9.17) is 12.2 Å². The summed E-state index contributed by atoms with van der Waals surface area (Å²) in [5.74, 6) is -0.741. The Morgan fingerprint density at radius 1 is 1.22 bits per heavy atom. The minimum atomic E-state index is -0.477. The Labute approximate surface area is 138 Å². The largest absolute Gasteiger partial charge is 0.337 e. The van der Waals surface area contributed by atoms with Crippen molar-refractivity contribution in [2.24, 2.45) is 0 Å². The molecule has 0 bridgehead atoms. The van der Waals surface area contributed by atoms with E-state index in [9.17, 15) is 9.18 Å². The number of imidazole rings is 1. The molecule has 6 heteroatoms. The first-order valence-electron chi connectivity index (χ1n) is 7.16. The van der Waals surface area contributed by atoms with Crippen LogP contribution in [0.25, 0.3) is 11.0 Å². The third-order valence-electron chi connectivity index (χ3n) is 3.71. The molecule has 1 amide bonds. The van der Waals surface area contributed by atoms with Gasteiger partial charge in [0, 0.05) is 13.6 Å². The molecule has 4 nitrogen and oxygen atoms in total. The highest BCUT2D eigenvalue weighted by Gasteiger charge is 2.18. The van der Waals surface area contributed by atoms with Crippen molar-refractivity contribution >= 4 is 29.2 Å². The summed E-state index contributed by atoms with van der Waals surface area (Å²) in [5.41, 5.74) is 3.46. The molecule has 2 N–H and O–H groups in total. The SMILES string of the molecule is Cc1ccc(CN(C)C(=O)c2cc(F)cc3[nH]c(=S)[nH]c23)cc1. The number of aryl methyl sites for hydroxylation is 1. The molecule has 0 spiro atoms. The zero-order chi connectivity index (χ0) is 16.6. The molecule has 0 saturated heterocycles. The van der Waals surface area contributed by atoms with Crippen molar-refractivity contribution in [3.05, 3.63) is 63.7 Å². The quantitative estimate of drug-likeness (QED) is 0.715. The van der Waals surface area contributed by atoms with Gasteiger partial charge in [-0.25, -0.2) is 4.39 Å². The number of amides is 1. The highest BCUT2D eigenvalue weighted by atomic mass is 32.1. The summed E-state index contributed by atoms with van der Waals surface area (Å²) in [6.45, 7) is 2.46. The van der Waals surface area contributed by atoms with Crippen LogP contribution < -0.4 is 0 Å². The molecule has 3 aromatic rings. The monoisotopic (exact) mass is 329 g/mol. The second-order valence-corrected chi connectivity index (χ2v) is 6.01. The maximum absolute atomic E-state index is 13.8. The molecule has 0 aliphatic carbocycles. The molecular weight excluding hydrogens is 313 g/mol. The number of hydrogen-bond donors (Lipinski definition) is 2. The van der Waals surface area contributed by atoms with E-state index < -0.39 is 5.82 Å². The molecule has 1 aromatic heterocycles. The summed E-state index contributed by atoms with van der Waals surface area (Å²) < 4.78 is 14.1. The lowest BCUT2D eigenvalue weighted by Gasteiger charge is -2.18. The van der Waals surface area contributed by atoms with Crippen LogP contribution in [0.2, 0.25) is 0 Å². The molecule has 0 radical (unpaired) electrons. The van der Waals surface area contributed by atoms with Crippen molar-refractivity contribution in [3.63, 3.8) is 0 Å². The van der Waals surface area contributed by atoms with E-state index >= 15 is 0 Å². The van der Waals surface area contributed by atoms with E-state index in [-0.39, 0.29) is 11.5 Å². The van der Waals surface area contributed by atoms with Crippen molar-refractivity contribution in [1.29, 1.82) is 0 Å². The molecule has 0 unspecified atom stereocenters. The zero-order valence-electron chi connectivity index (χ0n) is 12.8. The van der Waals surface area contributed by atoms with Crippen LogP contribution in [0.4, 0.5) is 4.39 Å². The third-order valence-corrected chi connectivity index (χ3v) is 3.91. The highest BCUT2D eigenvalue weighted by molar-refractivity contribution is 7.71. The molecule has 3 rings (SSSR count). The maximum atomic E-state index is 13.8. The molecular formula is C17H16FN3OS. The summed E-state index contributed by atoms with van der Waals surface area (Å²) in [6.07, 6.45) is 0. The van der Waals surface area contributed by atoms with Gasteiger partial charge >= 0.3 is 0 Å². The summed E-state index contributed by atoms with van der Waals surface area (Å²) in [7, 11) is 1.69. The fourth-order valence-corrected chi connectivity index (χ4v) is 2.73. The first-order valence-corrected chi connectivity index (χ1v) is 7.57. The Balaban J connectivity index is 1.93. The second kappa shape index (κ2) is 5.96. The van der Waals surface area contributed by atoms with Crippen LogP contribution in [0, 0.1) is 17.5 Å². The third kappa shape index (κ3) is 3.17. The van der Waals surface area contributed by atoms with E-state index in [1.165, 1.54) is 12.1 Å². The Morgan fingerprint density at radius 3 is 2.61 bits per heavy atom. The smallest absolute Gasteiger partial charge is 0.256 e. The number of nitrogens with zero attached hydrogens (tertiary/aromatic N) is 1. The Bertz CT molecular complexity index is 927. The number of hydrogen-bond acceptors (Lipinski definition) is 2. The number of aromatic amines is 2. The van der Waals surface area contributed by atoms with Crippen LogP contribution in [0.1, 0.15) is 21.5 Å². The van der Waals surface area contributed by atoms with Gasteiger partial charge in [-0.2, -0.15) is 0 Å². The van der Waals surface area contributed by atoms with Gasteiger partial charge < -0.3 is 14.9 Å². The van der Waals surface area contributed by atoms with Gasteiger partial charge in [-0.05, 0) is 36.8 Å². The highest BCUT2D eigenvalue weighted by Crippen LogP contribution is 2.20. The Hall–Kier alpha value is -2.47. The first-order chi connectivity index (χ1) is 10.9. The van der Waals surface area contributed by atoms with Gasteiger partial charge in [0.25, 0.3) is 5.91 Å². The average molecular weight is 329 g/mol. The van der Waals surface area contributed by atoms with Gasteiger partial charge in [0.15, 0.2) is 4.77 Å². The number of aromatic nitrogens is 2. The Morgan fingerprint density at radius 2 is 1.91 bits per heavy atom. The minimum Gasteiger partial charge on any atom is -0.337 e. The molecule has 0 aliphatic heterocycles. The van der Waals surface area contributed by atoms with E-state index in [1.54, 1.807) is 11.9 Å². The molecule has 1 heterocycles. The van der Waals surface area contributed by atoms with Gasteiger partial charge in [0.05, 0.1) is 16.6 Å². The van der Waals surface area contributed by atoms with Crippen molar-refractivity contribution in [2.45, 2.75) is 13.5 Å². The van der Waals surface area contributed by atoms with Crippen molar-refractivity contribution in [1.82, 2.24) is 14.9 Å². The first kappa shape index (κ1) is 15.4. The van der Waals surface area contributed by atoms with Gasteiger partial charge in [0.2, 0.25) is 0 Å². The van der Waals surface area contributed by atoms with Crippen LogP contribution >= 0.6 is 12.2 Å². The van der Waals surface area contributed by atoms with Crippen molar-refractivity contribution in [2.75, 3.05) is 7.05 Å².